The lowest BCUT2D eigenvalue weighted by Gasteiger charge is -2.25. The van der Waals surface area contributed by atoms with E-state index in [4.69, 9.17) is 4.74 Å². The Balaban J connectivity index is 2.32. The van der Waals surface area contributed by atoms with Crippen LogP contribution in [-0.2, 0) is 4.74 Å². The molecule has 0 radical (unpaired) electrons. The summed E-state index contributed by atoms with van der Waals surface area (Å²) in [6.07, 6.45) is 7.48. The highest BCUT2D eigenvalue weighted by atomic mass is 32.2. The van der Waals surface area contributed by atoms with Crippen molar-refractivity contribution >= 4 is 11.8 Å². The number of hydrogen-bond acceptors (Lipinski definition) is 3. The summed E-state index contributed by atoms with van der Waals surface area (Å²) >= 11 is 2.01. The smallest absolute Gasteiger partial charge is 0.0615 e. The van der Waals surface area contributed by atoms with Crippen LogP contribution in [0, 0.1) is 0 Å². The summed E-state index contributed by atoms with van der Waals surface area (Å²) in [5, 5.41) is 4.54. The molecule has 1 saturated carbocycles. The van der Waals surface area contributed by atoms with Gasteiger partial charge in [-0.2, -0.15) is 11.8 Å². The Morgan fingerprint density at radius 2 is 2.29 bits per heavy atom. The zero-order valence-electron chi connectivity index (χ0n) is 9.58. The van der Waals surface area contributed by atoms with Crippen LogP contribution < -0.4 is 5.32 Å². The zero-order valence-corrected chi connectivity index (χ0v) is 10.4. The standard InChI is InChI=1S/C11H23NOS/c1-4-9(8-13-2)12-10-6-5-7-11(10)14-3/h9-12H,4-8H2,1-3H3/t9-,10-,11-/m1/s1. The Labute approximate surface area is 92.2 Å². The molecule has 0 spiro atoms. The third kappa shape index (κ3) is 3.44. The fourth-order valence-electron chi connectivity index (χ4n) is 2.19. The summed E-state index contributed by atoms with van der Waals surface area (Å²) in [5.74, 6) is 0. The maximum absolute atomic E-state index is 5.20. The van der Waals surface area contributed by atoms with Crippen molar-refractivity contribution in [3.05, 3.63) is 0 Å². The molecule has 1 N–H and O–H groups in total. The van der Waals surface area contributed by atoms with Gasteiger partial charge in [-0.05, 0) is 25.5 Å². The van der Waals surface area contributed by atoms with E-state index in [-0.39, 0.29) is 0 Å². The van der Waals surface area contributed by atoms with E-state index in [1.807, 2.05) is 11.8 Å². The van der Waals surface area contributed by atoms with Crippen LogP contribution in [0.5, 0.6) is 0 Å². The van der Waals surface area contributed by atoms with Gasteiger partial charge in [0.1, 0.15) is 0 Å². The molecule has 2 nitrogen and oxygen atoms in total. The predicted octanol–water partition coefficient (Wildman–Crippen LogP) is 2.29. The van der Waals surface area contributed by atoms with Crippen molar-refractivity contribution < 1.29 is 4.74 Å². The lowest BCUT2D eigenvalue weighted by atomic mass is 10.1. The second-order valence-corrected chi connectivity index (χ2v) is 5.12. The number of methoxy groups -OCH3 is 1. The normalized spacial score (nSPS) is 29.4. The van der Waals surface area contributed by atoms with Crippen LogP contribution in [0.25, 0.3) is 0 Å². The monoisotopic (exact) mass is 217 g/mol. The van der Waals surface area contributed by atoms with Gasteiger partial charge in [0, 0.05) is 24.4 Å². The van der Waals surface area contributed by atoms with Gasteiger partial charge in [0.05, 0.1) is 6.61 Å². The van der Waals surface area contributed by atoms with Gasteiger partial charge in [-0.25, -0.2) is 0 Å². The Bertz CT molecular complexity index is 154. The van der Waals surface area contributed by atoms with Crippen LogP contribution >= 0.6 is 11.8 Å². The molecule has 14 heavy (non-hydrogen) atoms. The Kier molecular flexibility index (Phi) is 5.90. The van der Waals surface area contributed by atoms with Crippen molar-refractivity contribution in [2.24, 2.45) is 0 Å². The van der Waals surface area contributed by atoms with Crippen molar-refractivity contribution in [3.63, 3.8) is 0 Å². The molecule has 0 aromatic carbocycles. The van der Waals surface area contributed by atoms with Crippen LogP contribution in [0.3, 0.4) is 0 Å². The van der Waals surface area contributed by atoms with Gasteiger partial charge in [0.2, 0.25) is 0 Å². The van der Waals surface area contributed by atoms with Gasteiger partial charge in [0.15, 0.2) is 0 Å². The summed E-state index contributed by atoms with van der Waals surface area (Å²) < 4.78 is 5.20. The summed E-state index contributed by atoms with van der Waals surface area (Å²) in [6, 6.07) is 1.25. The van der Waals surface area contributed by atoms with Crippen LogP contribution in [0.15, 0.2) is 0 Å². The maximum Gasteiger partial charge on any atom is 0.0615 e. The van der Waals surface area contributed by atoms with Gasteiger partial charge in [-0.15, -0.1) is 0 Å². The van der Waals surface area contributed by atoms with Crippen molar-refractivity contribution in [1.82, 2.24) is 5.32 Å². The molecular weight excluding hydrogens is 194 g/mol. The first-order valence-corrected chi connectivity index (χ1v) is 6.88. The molecule has 0 amide bonds. The van der Waals surface area contributed by atoms with Gasteiger partial charge in [-0.1, -0.05) is 13.3 Å². The third-order valence-corrected chi connectivity index (χ3v) is 4.24. The van der Waals surface area contributed by atoms with E-state index in [1.165, 1.54) is 19.3 Å². The van der Waals surface area contributed by atoms with E-state index in [0.717, 1.165) is 18.3 Å². The minimum atomic E-state index is 0.540. The van der Waals surface area contributed by atoms with E-state index in [9.17, 15) is 0 Å². The molecule has 0 unspecified atom stereocenters. The first-order chi connectivity index (χ1) is 6.81. The molecule has 1 fully saturated rings. The zero-order chi connectivity index (χ0) is 10.4. The average molecular weight is 217 g/mol. The van der Waals surface area contributed by atoms with Gasteiger partial charge in [-0.3, -0.25) is 0 Å². The van der Waals surface area contributed by atoms with Crippen LogP contribution in [0.4, 0.5) is 0 Å². The highest BCUT2D eigenvalue weighted by Gasteiger charge is 2.27. The van der Waals surface area contributed by atoms with Gasteiger partial charge >= 0.3 is 0 Å². The van der Waals surface area contributed by atoms with Crippen molar-refractivity contribution in [2.45, 2.75) is 49.9 Å². The van der Waals surface area contributed by atoms with Crippen molar-refractivity contribution in [3.8, 4) is 0 Å². The average Bonchev–Trinajstić information content (AvgIpc) is 2.64. The molecular formula is C11H23NOS. The Hall–Kier alpha value is 0.270. The molecule has 0 aromatic heterocycles. The fraction of sp³-hybridized carbons (Fsp3) is 1.00. The van der Waals surface area contributed by atoms with E-state index < -0.39 is 0 Å². The summed E-state index contributed by atoms with van der Waals surface area (Å²) in [7, 11) is 1.78. The van der Waals surface area contributed by atoms with E-state index in [1.54, 1.807) is 7.11 Å². The molecule has 0 heterocycles. The molecule has 0 saturated heterocycles. The van der Waals surface area contributed by atoms with Gasteiger partial charge < -0.3 is 10.1 Å². The van der Waals surface area contributed by atoms with Gasteiger partial charge in [0.25, 0.3) is 0 Å². The van der Waals surface area contributed by atoms with Crippen LogP contribution in [0.2, 0.25) is 0 Å². The minimum absolute atomic E-state index is 0.540. The quantitative estimate of drug-likeness (QED) is 0.737. The molecule has 3 atom stereocenters. The first kappa shape index (κ1) is 12.3. The van der Waals surface area contributed by atoms with E-state index in [2.05, 4.69) is 18.5 Å². The Morgan fingerprint density at radius 1 is 1.50 bits per heavy atom. The number of hydrogen-bond donors (Lipinski definition) is 1. The first-order valence-electron chi connectivity index (χ1n) is 5.59. The number of nitrogens with one attached hydrogen (secondary N) is 1. The van der Waals surface area contributed by atoms with E-state index in [0.29, 0.717) is 12.1 Å². The highest BCUT2D eigenvalue weighted by Crippen LogP contribution is 2.28. The summed E-state index contributed by atoms with van der Waals surface area (Å²) in [5.41, 5.74) is 0. The maximum atomic E-state index is 5.20. The second kappa shape index (κ2) is 6.70. The Morgan fingerprint density at radius 3 is 2.86 bits per heavy atom. The topological polar surface area (TPSA) is 21.3 Å². The minimum Gasteiger partial charge on any atom is -0.383 e. The number of ether oxygens (including phenoxy) is 1. The second-order valence-electron chi connectivity index (χ2n) is 4.04. The summed E-state index contributed by atoms with van der Waals surface area (Å²) in [4.78, 5) is 0. The highest BCUT2D eigenvalue weighted by molar-refractivity contribution is 7.99. The van der Waals surface area contributed by atoms with E-state index >= 15 is 0 Å². The molecule has 1 rings (SSSR count). The lowest BCUT2D eigenvalue weighted by Crippen LogP contribution is -2.43. The predicted molar refractivity (Wildman–Crippen MR) is 64.0 cm³/mol. The molecule has 0 aliphatic heterocycles. The molecule has 0 bridgehead atoms. The number of thioether (sulfide) groups is 1. The SMILES string of the molecule is CC[C@H](COC)N[C@@H]1CCC[C@H]1SC. The number of rotatable bonds is 6. The van der Waals surface area contributed by atoms with Crippen LogP contribution in [0.1, 0.15) is 32.6 Å². The third-order valence-electron chi connectivity index (χ3n) is 3.07. The summed E-state index contributed by atoms with van der Waals surface area (Å²) in [6.45, 7) is 3.06. The van der Waals surface area contributed by atoms with Crippen molar-refractivity contribution in [2.75, 3.05) is 20.0 Å². The molecule has 0 aromatic rings. The fourth-order valence-corrected chi connectivity index (χ4v) is 3.13. The molecule has 84 valence electrons. The van der Waals surface area contributed by atoms with Crippen LogP contribution in [-0.4, -0.2) is 37.3 Å². The largest absolute Gasteiger partial charge is 0.383 e. The molecule has 1 aliphatic rings. The van der Waals surface area contributed by atoms with Crippen molar-refractivity contribution in [1.29, 1.82) is 0 Å². The molecule has 1 aliphatic carbocycles. The lowest BCUT2D eigenvalue weighted by molar-refractivity contribution is 0.159. The molecule has 3 heteroatoms.